The highest BCUT2D eigenvalue weighted by atomic mass is 15.3. The maximum atomic E-state index is 5.73. The van der Waals surface area contributed by atoms with Gasteiger partial charge in [-0.2, -0.15) is 0 Å². The van der Waals surface area contributed by atoms with Crippen LogP contribution in [-0.4, -0.2) is 55.6 Å². The number of nitrogens with two attached hydrogens (primary N) is 1. The molecule has 2 aliphatic rings. The second kappa shape index (κ2) is 8.35. The molecule has 20 heavy (non-hydrogen) atoms. The number of hydrogen-bond acceptors (Lipinski definition) is 3. The van der Waals surface area contributed by atoms with E-state index in [4.69, 9.17) is 5.73 Å². The number of nitrogens with zero attached hydrogens (tertiary/aromatic N) is 2. The Kier molecular flexibility index (Phi) is 6.79. The van der Waals surface area contributed by atoms with Gasteiger partial charge in [0.2, 0.25) is 0 Å². The van der Waals surface area contributed by atoms with Crippen LogP contribution in [-0.2, 0) is 0 Å². The Hall–Kier alpha value is -0.120. The number of hydrogen-bond donors (Lipinski definition) is 1. The average Bonchev–Trinajstić information content (AvgIpc) is 3.23. The molecule has 0 aromatic carbocycles. The topological polar surface area (TPSA) is 32.5 Å². The summed E-state index contributed by atoms with van der Waals surface area (Å²) in [5.41, 5.74) is 5.73. The summed E-state index contributed by atoms with van der Waals surface area (Å²) in [6.07, 6.45) is 6.88. The first-order chi connectivity index (χ1) is 9.69. The Labute approximate surface area is 125 Å². The fraction of sp³-hybridized carbons (Fsp3) is 1.00. The predicted octanol–water partition coefficient (Wildman–Crippen LogP) is 2.42. The Morgan fingerprint density at radius 3 is 2.20 bits per heavy atom. The minimum Gasteiger partial charge on any atom is -0.330 e. The van der Waals surface area contributed by atoms with E-state index in [1.165, 1.54) is 71.4 Å². The standard InChI is InChI=1S/C17H35N3/c1-15(2)17(7-8-18)4-3-9-19-10-12-20(13-11-19)14-16-5-6-16/h15-17H,3-14,18H2,1-2H3. The third-order valence-electron chi connectivity index (χ3n) is 5.21. The summed E-state index contributed by atoms with van der Waals surface area (Å²) in [6.45, 7) is 13.4. The maximum Gasteiger partial charge on any atom is 0.0110 e. The smallest absolute Gasteiger partial charge is 0.0110 e. The highest BCUT2D eigenvalue weighted by molar-refractivity contribution is 4.80. The fourth-order valence-corrected chi connectivity index (χ4v) is 3.46. The first-order valence-corrected chi connectivity index (χ1v) is 8.83. The van der Waals surface area contributed by atoms with Gasteiger partial charge in [0.25, 0.3) is 0 Å². The quantitative estimate of drug-likeness (QED) is 0.704. The van der Waals surface area contributed by atoms with Crippen molar-refractivity contribution in [2.75, 3.05) is 45.8 Å². The van der Waals surface area contributed by atoms with Crippen molar-refractivity contribution in [1.82, 2.24) is 9.80 Å². The molecule has 1 atom stereocenters. The van der Waals surface area contributed by atoms with Crippen LogP contribution >= 0.6 is 0 Å². The van der Waals surface area contributed by atoms with E-state index in [-0.39, 0.29) is 0 Å². The van der Waals surface area contributed by atoms with E-state index < -0.39 is 0 Å². The average molecular weight is 281 g/mol. The van der Waals surface area contributed by atoms with Crippen molar-refractivity contribution in [3.05, 3.63) is 0 Å². The molecular weight excluding hydrogens is 246 g/mol. The van der Waals surface area contributed by atoms with Gasteiger partial charge in [0.05, 0.1) is 0 Å². The molecule has 0 aromatic rings. The van der Waals surface area contributed by atoms with Gasteiger partial charge in [0, 0.05) is 32.7 Å². The second-order valence-corrected chi connectivity index (χ2v) is 7.31. The molecular formula is C17H35N3. The molecule has 3 nitrogen and oxygen atoms in total. The predicted molar refractivity (Wildman–Crippen MR) is 86.8 cm³/mol. The van der Waals surface area contributed by atoms with Gasteiger partial charge < -0.3 is 15.5 Å². The first kappa shape index (κ1) is 16.3. The van der Waals surface area contributed by atoms with Crippen molar-refractivity contribution in [3.63, 3.8) is 0 Å². The fourth-order valence-electron chi connectivity index (χ4n) is 3.46. The Bertz CT molecular complexity index is 255. The molecule has 1 saturated carbocycles. The van der Waals surface area contributed by atoms with Crippen LogP contribution < -0.4 is 5.73 Å². The first-order valence-electron chi connectivity index (χ1n) is 8.83. The van der Waals surface area contributed by atoms with Crippen LogP contribution in [0.5, 0.6) is 0 Å². The van der Waals surface area contributed by atoms with Crippen molar-refractivity contribution in [1.29, 1.82) is 0 Å². The Morgan fingerprint density at radius 1 is 1.00 bits per heavy atom. The van der Waals surface area contributed by atoms with Crippen molar-refractivity contribution >= 4 is 0 Å². The monoisotopic (exact) mass is 281 g/mol. The molecule has 3 heteroatoms. The molecule has 0 radical (unpaired) electrons. The third kappa shape index (κ3) is 5.71. The minimum atomic E-state index is 0.786. The summed E-state index contributed by atoms with van der Waals surface area (Å²) in [4.78, 5) is 5.35. The van der Waals surface area contributed by atoms with Gasteiger partial charge in [-0.25, -0.2) is 0 Å². The zero-order valence-electron chi connectivity index (χ0n) is 13.7. The molecule has 0 aromatic heterocycles. The van der Waals surface area contributed by atoms with Crippen LogP contribution in [0.1, 0.15) is 46.0 Å². The van der Waals surface area contributed by atoms with E-state index in [0.717, 1.165) is 24.3 Å². The van der Waals surface area contributed by atoms with Gasteiger partial charge in [-0.3, -0.25) is 0 Å². The third-order valence-corrected chi connectivity index (χ3v) is 5.21. The zero-order valence-corrected chi connectivity index (χ0v) is 13.7. The lowest BCUT2D eigenvalue weighted by atomic mass is 9.88. The van der Waals surface area contributed by atoms with E-state index >= 15 is 0 Å². The summed E-state index contributed by atoms with van der Waals surface area (Å²) in [5.74, 6) is 2.66. The van der Waals surface area contributed by atoms with Crippen LogP contribution in [0.4, 0.5) is 0 Å². The van der Waals surface area contributed by atoms with Crippen LogP contribution in [0.15, 0.2) is 0 Å². The van der Waals surface area contributed by atoms with Crippen molar-refractivity contribution in [2.24, 2.45) is 23.5 Å². The molecule has 0 amide bonds. The number of piperazine rings is 1. The van der Waals surface area contributed by atoms with Crippen molar-refractivity contribution in [2.45, 2.75) is 46.0 Å². The summed E-state index contributed by atoms with van der Waals surface area (Å²) in [5, 5.41) is 0. The normalized spacial score (nSPS) is 23.4. The molecule has 2 fully saturated rings. The van der Waals surface area contributed by atoms with E-state index in [1.54, 1.807) is 0 Å². The molecule has 1 aliphatic heterocycles. The van der Waals surface area contributed by atoms with Crippen LogP contribution in [0.3, 0.4) is 0 Å². The summed E-state index contributed by atoms with van der Waals surface area (Å²) in [6, 6.07) is 0. The van der Waals surface area contributed by atoms with Gasteiger partial charge >= 0.3 is 0 Å². The van der Waals surface area contributed by atoms with Gasteiger partial charge in [0.15, 0.2) is 0 Å². The van der Waals surface area contributed by atoms with Gasteiger partial charge in [-0.1, -0.05) is 13.8 Å². The molecule has 1 saturated heterocycles. The van der Waals surface area contributed by atoms with Gasteiger partial charge in [-0.05, 0) is 62.9 Å². The van der Waals surface area contributed by atoms with Gasteiger partial charge in [0.1, 0.15) is 0 Å². The summed E-state index contributed by atoms with van der Waals surface area (Å²) < 4.78 is 0. The molecule has 0 bridgehead atoms. The van der Waals surface area contributed by atoms with E-state index in [1.807, 2.05) is 0 Å². The maximum absolute atomic E-state index is 5.73. The largest absolute Gasteiger partial charge is 0.330 e. The zero-order chi connectivity index (χ0) is 14.4. The molecule has 2 rings (SSSR count). The van der Waals surface area contributed by atoms with Crippen LogP contribution in [0.25, 0.3) is 0 Å². The number of rotatable bonds is 9. The molecule has 2 N–H and O–H groups in total. The van der Waals surface area contributed by atoms with Crippen molar-refractivity contribution < 1.29 is 0 Å². The van der Waals surface area contributed by atoms with E-state index in [9.17, 15) is 0 Å². The lowest BCUT2D eigenvalue weighted by Crippen LogP contribution is -2.47. The highest BCUT2D eigenvalue weighted by Gasteiger charge is 2.26. The summed E-state index contributed by atoms with van der Waals surface area (Å²) in [7, 11) is 0. The van der Waals surface area contributed by atoms with E-state index in [0.29, 0.717) is 0 Å². The molecule has 0 spiro atoms. The molecule has 118 valence electrons. The molecule has 1 heterocycles. The Balaban J connectivity index is 1.55. The lowest BCUT2D eigenvalue weighted by Gasteiger charge is -2.35. The van der Waals surface area contributed by atoms with Crippen molar-refractivity contribution in [3.8, 4) is 0 Å². The Morgan fingerprint density at radius 2 is 1.65 bits per heavy atom. The SMILES string of the molecule is CC(C)C(CCN)CCCN1CCN(CC2CC2)CC1. The van der Waals surface area contributed by atoms with E-state index in [2.05, 4.69) is 23.6 Å². The second-order valence-electron chi connectivity index (χ2n) is 7.31. The van der Waals surface area contributed by atoms with Crippen LogP contribution in [0.2, 0.25) is 0 Å². The highest BCUT2D eigenvalue weighted by Crippen LogP contribution is 2.30. The van der Waals surface area contributed by atoms with Gasteiger partial charge in [-0.15, -0.1) is 0 Å². The van der Waals surface area contributed by atoms with Crippen LogP contribution in [0, 0.1) is 17.8 Å². The molecule has 1 unspecified atom stereocenters. The summed E-state index contributed by atoms with van der Waals surface area (Å²) >= 11 is 0. The molecule has 1 aliphatic carbocycles. The lowest BCUT2D eigenvalue weighted by molar-refractivity contribution is 0.124. The minimum absolute atomic E-state index is 0.786.